The van der Waals surface area contributed by atoms with E-state index >= 15 is 0 Å². The van der Waals surface area contributed by atoms with Crippen LogP contribution in [0.3, 0.4) is 0 Å². The molecule has 2 aliphatic rings. The lowest BCUT2D eigenvalue weighted by Crippen LogP contribution is -2.05. The molecular weight excluding hydrogens is 288 g/mol. The van der Waals surface area contributed by atoms with Crippen LogP contribution in [0.4, 0.5) is 5.69 Å². The fourth-order valence-electron chi connectivity index (χ4n) is 2.39. The number of allylic oxidation sites excluding steroid dienone is 4. The highest BCUT2D eigenvalue weighted by atomic mass is 35.5. The third-order valence-corrected chi connectivity index (χ3v) is 4.97. The first-order chi connectivity index (χ1) is 9.78. The van der Waals surface area contributed by atoms with Crippen molar-refractivity contribution in [2.45, 2.75) is 30.6 Å². The van der Waals surface area contributed by atoms with Crippen molar-refractivity contribution < 1.29 is 0 Å². The van der Waals surface area contributed by atoms with Crippen LogP contribution in [0, 0.1) is 0 Å². The van der Waals surface area contributed by atoms with Gasteiger partial charge in [0.2, 0.25) is 0 Å². The minimum atomic E-state index is 0.740. The predicted octanol–water partition coefficient (Wildman–Crippen LogP) is 4.64. The number of hydrogen-bond donors (Lipinski definition) is 1. The Morgan fingerprint density at radius 1 is 1.30 bits per heavy atom. The summed E-state index contributed by atoms with van der Waals surface area (Å²) in [5, 5.41) is 0.824. The number of thioether (sulfide) groups is 1. The number of hydrogen-bond acceptors (Lipinski definition) is 3. The summed E-state index contributed by atoms with van der Waals surface area (Å²) in [4.78, 5) is 7.21. The van der Waals surface area contributed by atoms with Crippen LogP contribution in [0.2, 0.25) is 5.02 Å². The topological polar surface area (TPSA) is 38.4 Å². The number of aryl methyl sites for hydroxylation is 1. The fourth-order valence-corrected chi connectivity index (χ4v) is 3.69. The van der Waals surface area contributed by atoms with Crippen LogP contribution in [-0.2, 0) is 6.42 Å². The molecule has 0 spiro atoms. The van der Waals surface area contributed by atoms with E-state index in [9.17, 15) is 0 Å². The third kappa shape index (κ3) is 2.85. The highest BCUT2D eigenvalue weighted by molar-refractivity contribution is 8.04. The highest BCUT2D eigenvalue weighted by Gasteiger charge is 2.19. The molecule has 0 saturated heterocycles. The lowest BCUT2D eigenvalue weighted by Gasteiger charge is -2.20. The summed E-state index contributed by atoms with van der Waals surface area (Å²) < 4.78 is 0. The third-order valence-electron chi connectivity index (χ3n) is 3.48. The van der Waals surface area contributed by atoms with Crippen molar-refractivity contribution in [1.82, 2.24) is 0 Å². The van der Waals surface area contributed by atoms with Gasteiger partial charge in [-0.25, -0.2) is 0 Å². The van der Waals surface area contributed by atoms with Gasteiger partial charge in [-0.15, -0.1) is 0 Å². The summed E-state index contributed by atoms with van der Waals surface area (Å²) >= 11 is 8.18. The Morgan fingerprint density at radius 3 is 3.05 bits per heavy atom. The maximum Gasteiger partial charge on any atom is 0.0787 e. The number of benzene rings is 1. The molecule has 0 unspecified atom stereocenters. The lowest BCUT2D eigenvalue weighted by atomic mass is 10.1. The zero-order valence-electron chi connectivity index (χ0n) is 11.2. The Hall–Kier alpha value is -1.03. The molecule has 0 bridgehead atoms. The number of aliphatic imine (C=N–C) groups is 1. The maximum absolute atomic E-state index is 6.38. The molecule has 0 radical (unpaired) electrons. The number of nitrogens with zero attached hydrogens (tertiary/aromatic N) is 1. The van der Waals surface area contributed by atoms with Crippen molar-refractivity contribution in [1.29, 1.82) is 0 Å². The van der Waals surface area contributed by atoms with Gasteiger partial charge in [-0.2, -0.15) is 0 Å². The van der Waals surface area contributed by atoms with E-state index in [2.05, 4.69) is 24.3 Å². The molecule has 2 N–H and O–H groups in total. The van der Waals surface area contributed by atoms with Crippen LogP contribution in [0.1, 0.15) is 24.8 Å². The van der Waals surface area contributed by atoms with Crippen LogP contribution in [-0.4, -0.2) is 12.3 Å². The van der Waals surface area contributed by atoms with Crippen molar-refractivity contribution in [2.24, 2.45) is 10.7 Å². The van der Waals surface area contributed by atoms with Crippen molar-refractivity contribution in [3.05, 3.63) is 45.9 Å². The molecule has 1 heterocycles. The standard InChI is InChI=1S/C16H17ClN2S/c17-12-10-14-16(9-11(12)5-3-4-8-18)20-15-7-2-1-6-13(15)19-14/h1-2,7,9-10H,3-6,8,18H2. The Kier molecular flexibility index (Phi) is 4.29. The smallest absolute Gasteiger partial charge is 0.0787 e. The van der Waals surface area contributed by atoms with Crippen molar-refractivity contribution in [3.63, 3.8) is 0 Å². The van der Waals surface area contributed by atoms with Gasteiger partial charge in [-0.05, 0) is 49.6 Å². The molecule has 1 aromatic carbocycles. The predicted molar refractivity (Wildman–Crippen MR) is 88.2 cm³/mol. The molecule has 1 aliphatic carbocycles. The second kappa shape index (κ2) is 6.17. The van der Waals surface area contributed by atoms with E-state index in [0.29, 0.717) is 0 Å². The van der Waals surface area contributed by atoms with Gasteiger partial charge >= 0.3 is 0 Å². The summed E-state index contributed by atoms with van der Waals surface area (Å²) in [5.74, 6) is 0. The molecule has 0 amide bonds. The summed E-state index contributed by atoms with van der Waals surface area (Å²) in [7, 11) is 0. The fraction of sp³-hybridized carbons (Fsp3) is 0.312. The van der Waals surface area contributed by atoms with E-state index in [0.717, 1.165) is 48.6 Å². The quantitative estimate of drug-likeness (QED) is 0.823. The number of unbranched alkanes of at least 4 members (excludes halogenated alkanes) is 1. The normalized spacial score (nSPS) is 16.3. The molecule has 1 aromatic rings. The second-order valence-electron chi connectivity index (χ2n) is 4.98. The van der Waals surface area contributed by atoms with Gasteiger partial charge in [0.25, 0.3) is 0 Å². The summed E-state index contributed by atoms with van der Waals surface area (Å²) in [5.41, 5.74) is 8.91. The molecular formula is C16H17ClN2S. The van der Waals surface area contributed by atoms with E-state index in [1.54, 1.807) is 11.8 Å². The van der Waals surface area contributed by atoms with E-state index in [-0.39, 0.29) is 0 Å². The number of fused-ring (bicyclic) bond motifs is 2. The number of halogens is 1. The highest BCUT2D eigenvalue weighted by Crippen LogP contribution is 2.44. The molecule has 3 rings (SSSR count). The van der Waals surface area contributed by atoms with Crippen LogP contribution in [0.15, 0.2) is 45.2 Å². The number of nitrogens with two attached hydrogens (primary N) is 1. The first-order valence-electron chi connectivity index (χ1n) is 6.93. The average Bonchev–Trinajstić information content (AvgIpc) is 2.46. The van der Waals surface area contributed by atoms with E-state index in [1.165, 1.54) is 15.4 Å². The van der Waals surface area contributed by atoms with Crippen LogP contribution in [0.5, 0.6) is 0 Å². The monoisotopic (exact) mass is 304 g/mol. The van der Waals surface area contributed by atoms with E-state index in [4.69, 9.17) is 22.3 Å². The Labute approximate surface area is 128 Å². The van der Waals surface area contributed by atoms with Gasteiger partial charge in [-0.1, -0.05) is 35.5 Å². The van der Waals surface area contributed by atoms with E-state index < -0.39 is 0 Å². The Balaban J connectivity index is 1.89. The molecule has 0 aromatic heterocycles. The molecule has 1 aliphatic heterocycles. The van der Waals surface area contributed by atoms with Gasteiger partial charge in [-0.3, -0.25) is 4.99 Å². The van der Waals surface area contributed by atoms with Crippen LogP contribution < -0.4 is 5.73 Å². The lowest BCUT2D eigenvalue weighted by molar-refractivity contribution is 0.744. The van der Waals surface area contributed by atoms with Crippen molar-refractivity contribution >= 4 is 34.8 Å². The molecule has 2 nitrogen and oxygen atoms in total. The van der Waals surface area contributed by atoms with E-state index in [1.807, 2.05) is 6.07 Å². The molecule has 0 atom stereocenters. The zero-order valence-corrected chi connectivity index (χ0v) is 12.8. The van der Waals surface area contributed by atoms with Gasteiger partial charge in [0, 0.05) is 21.2 Å². The van der Waals surface area contributed by atoms with Gasteiger partial charge in [0.15, 0.2) is 0 Å². The first kappa shape index (κ1) is 13.9. The summed E-state index contributed by atoms with van der Waals surface area (Å²) in [6.45, 7) is 0.740. The van der Waals surface area contributed by atoms with Crippen molar-refractivity contribution in [3.8, 4) is 0 Å². The Morgan fingerprint density at radius 2 is 2.20 bits per heavy atom. The minimum absolute atomic E-state index is 0.740. The minimum Gasteiger partial charge on any atom is -0.330 e. The molecule has 0 fully saturated rings. The summed E-state index contributed by atoms with van der Waals surface area (Å²) in [6.07, 6.45) is 10.4. The molecule has 4 heteroatoms. The summed E-state index contributed by atoms with van der Waals surface area (Å²) in [6, 6.07) is 4.20. The van der Waals surface area contributed by atoms with Gasteiger partial charge in [0.05, 0.1) is 11.4 Å². The van der Waals surface area contributed by atoms with Crippen LogP contribution >= 0.6 is 23.4 Å². The molecule has 104 valence electrons. The number of rotatable bonds is 4. The zero-order chi connectivity index (χ0) is 13.9. The maximum atomic E-state index is 6.38. The SMILES string of the molecule is NCCCCc1cc2c(cc1Cl)N=C1CC=CC=C1S2. The Bertz CT molecular complexity index is 617. The first-order valence-corrected chi connectivity index (χ1v) is 8.12. The second-order valence-corrected chi connectivity index (χ2v) is 6.47. The largest absolute Gasteiger partial charge is 0.330 e. The van der Waals surface area contributed by atoms with Crippen molar-refractivity contribution in [2.75, 3.05) is 6.54 Å². The van der Waals surface area contributed by atoms with Crippen LogP contribution in [0.25, 0.3) is 0 Å². The van der Waals surface area contributed by atoms with Gasteiger partial charge < -0.3 is 5.73 Å². The molecule has 0 saturated carbocycles. The average molecular weight is 305 g/mol. The van der Waals surface area contributed by atoms with Gasteiger partial charge in [0.1, 0.15) is 0 Å². The molecule has 20 heavy (non-hydrogen) atoms.